The Balaban J connectivity index is 1.72. The van der Waals surface area contributed by atoms with E-state index >= 15 is 0 Å². The predicted octanol–water partition coefficient (Wildman–Crippen LogP) is 3.30. The van der Waals surface area contributed by atoms with Crippen LogP contribution in [-0.4, -0.2) is 11.8 Å². The Bertz CT molecular complexity index is 912. The van der Waals surface area contributed by atoms with Crippen molar-refractivity contribution in [1.29, 1.82) is 0 Å². The number of hydrogen-bond donors (Lipinski definition) is 2. The summed E-state index contributed by atoms with van der Waals surface area (Å²) in [6, 6.07) is 4.92. The van der Waals surface area contributed by atoms with E-state index in [1.165, 1.54) is 18.6 Å². The zero-order chi connectivity index (χ0) is 17.3. The molecule has 0 saturated carbocycles. The molecule has 0 aliphatic rings. The average Bonchev–Trinajstić information content (AvgIpc) is 3.21. The second-order valence-electron chi connectivity index (χ2n) is 5.42. The number of fused-ring (bicyclic) bond motifs is 1. The fourth-order valence-corrected chi connectivity index (χ4v) is 2.70. The lowest BCUT2D eigenvalue weighted by Crippen LogP contribution is -2.42. The Morgan fingerprint density at radius 1 is 1.21 bits per heavy atom. The summed E-state index contributed by atoms with van der Waals surface area (Å²) >= 11 is 6.27. The number of carbonyl (C=O) groups is 2. The van der Waals surface area contributed by atoms with Gasteiger partial charge in [-0.1, -0.05) is 11.6 Å². The first-order valence-electron chi connectivity index (χ1n) is 7.26. The van der Waals surface area contributed by atoms with Crippen molar-refractivity contribution in [3.05, 3.63) is 58.2 Å². The number of nitrogens with one attached hydrogen (secondary N) is 2. The molecule has 7 heteroatoms. The maximum absolute atomic E-state index is 12.1. The van der Waals surface area contributed by atoms with Gasteiger partial charge in [0, 0.05) is 16.0 Å². The molecule has 2 N–H and O–H groups in total. The zero-order valence-electron chi connectivity index (χ0n) is 13.1. The number of halogens is 1. The number of furan rings is 2. The maximum Gasteiger partial charge on any atom is 0.305 e. The molecule has 0 unspecified atom stereocenters. The van der Waals surface area contributed by atoms with Crippen molar-refractivity contribution >= 4 is 34.4 Å². The highest BCUT2D eigenvalue weighted by Crippen LogP contribution is 2.32. The topological polar surface area (TPSA) is 84.5 Å². The lowest BCUT2D eigenvalue weighted by atomic mass is 10.0. The first kappa shape index (κ1) is 16.1. The molecular weight excluding hydrogens is 332 g/mol. The van der Waals surface area contributed by atoms with E-state index < -0.39 is 5.91 Å². The van der Waals surface area contributed by atoms with Crippen molar-refractivity contribution in [2.24, 2.45) is 0 Å². The number of benzene rings is 1. The minimum absolute atomic E-state index is 0.0473. The minimum Gasteiger partial charge on any atom is -0.464 e. The summed E-state index contributed by atoms with van der Waals surface area (Å²) in [6.45, 7) is 3.78. The highest BCUT2D eigenvalue weighted by atomic mass is 35.5. The van der Waals surface area contributed by atoms with E-state index in [0.717, 1.165) is 16.5 Å². The minimum atomic E-state index is -0.528. The summed E-state index contributed by atoms with van der Waals surface area (Å²) in [6.07, 6.45) is 2.95. The van der Waals surface area contributed by atoms with Gasteiger partial charge >= 0.3 is 5.91 Å². The number of hydrogen-bond acceptors (Lipinski definition) is 4. The quantitative estimate of drug-likeness (QED) is 0.713. The van der Waals surface area contributed by atoms with Crippen LogP contribution in [0.25, 0.3) is 11.0 Å². The Labute approximate surface area is 142 Å². The summed E-state index contributed by atoms with van der Waals surface area (Å²) in [5.41, 5.74) is 7.80. The van der Waals surface area contributed by atoms with E-state index in [1.807, 2.05) is 19.9 Å². The van der Waals surface area contributed by atoms with Gasteiger partial charge in [-0.3, -0.25) is 20.4 Å². The van der Waals surface area contributed by atoms with Crippen molar-refractivity contribution in [1.82, 2.24) is 10.9 Å². The standard InChI is InChI=1S/C17H15ClN2O4/c1-9-6-13-15(10(2)16(9)18)11(8-24-13)7-14(21)19-20-17(22)12-4-3-5-23-12/h3-6,8H,7H2,1-2H3,(H,19,21)(H,20,22). The lowest BCUT2D eigenvalue weighted by Gasteiger charge is -2.07. The zero-order valence-corrected chi connectivity index (χ0v) is 13.9. The first-order chi connectivity index (χ1) is 11.5. The van der Waals surface area contributed by atoms with Gasteiger partial charge in [0.05, 0.1) is 18.9 Å². The molecule has 2 amide bonds. The molecule has 3 rings (SSSR count). The maximum atomic E-state index is 12.1. The van der Waals surface area contributed by atoms with E-state index in [9.17, 15) is 9.59 Å². The van der Waals surface area contributed by atoms with E-state index in [0.29, 0.717) is 16.2 Å². The molecular formula is C17H15ClN2O4. The molecule has 0 fully saturated rings. The summed E-state index contributed by atoms with van der Waals surface area (Å²) in [5.74, 6) is -0.795. The molecule has 0 aliphatic carbocycles. The molecule has 1 aromatic carbocycles. The fraction of sp³-hybridized carbons (Fsp3) is 0.176. The number of amides is 2. The second kappa shape index (κ2) is 6.41. The Morgan fingerprint density at radius 2 is 2.00 bits per heavy atom. The molecule has 6 nitrogen and oxygen atoms in total. The largest absolute Gasteiger partial charge is 0.464 e. The van der Waals surface area contributed by atoms with Gasteiger partial charge in [0.1, 0.15) is 5.58 Å². The molecule has 24 heavy (non-hydrogen) atoms. The van der Waals surface area contributed by atoms with Gasteiger partial charge in [0.15, 0.2) is 5.76 Å². The van der Waals surface area contributed by atoms with Gasteiger partial charge in [0.2, 0.25) is 5.91 Å². The Hall–Kier alpha value is -2.73. The first-order valence-corrected chi connectivity index (χ1v) is 7.63. The SMILES string of the molecule is Cc1cc2occ(CC(=O)NNC(=O)c3ccco3)c2c(C)c1Cl. The molecule has 0 aliphatic heterocycles. The third kappa shape index (κ3) is 3.00. The number of rotatable bonds is 3. The third-order valence-electron chi connectivity index (χ3n) is 3.71. The van der Waals surface area contributed by atoms with Crippen LogP contribution >= 0.6 is 11.6 Å². The molecule has 0 bridgehead atoms. The molecule has 0 spiro atoms. The van der Waals surface area contributed by atoms with Crippen LogP contribution < -0.4 is 10.9 Å². The smallest absolute Gasteiger partial charge is 0.305 e. The van der Waals surface area contributed by atoms with E-state index in [1.54, 1.807) is 6.07 Å². The molecule has 2 heterocycles. The Kier molecular flexibility index (Phi) is 4.31. The van der Waals surface area contributed by atoms with Crippen LogP contribution in [0.1, 0.15) is 27.2 Å². The predicted molar refractivity (Wildman–Crippen MR) is 88.7 cm³/mol. The van der Waals surface area contributed by atoms with Crippen LogP contribution in [0.4, 0.5) is 0 Å². The summed E-state index contributed by atoms with van der Waals surface area (Å²) < 4.78 is 10.4. The van der Waals surface area contributed by atoms with E-state index in [2.05, 4.69) is 10.9 Å². The fourth-order valence-electron chi connectivity index (χ4n) is 2.55. The van der Waals surface area contributed by atoms with E-state index in [4.69, 9.17) is 20.4 Å². The normalized spacial score (nSPS) is 10.8. The molecule has 0 radical (unpaired) electrons. The average molecular weight is 347 g/mol. The molecule has 0 atom stereocenters. The van der Waals surface area contributed by atoms with Crippen molar-refractivity contribution in [3.63, 3.8) is 0 Å². The van der Waals surface area contributed by atoms with Gasteiger partial charge < -0.3 is 8.83 Å². The molecule has 0 saturated heterocycles. The molecule has 124 valence electrons. The van der Waals surface area contributed by atoms with Gasteiger partial charge in [-0.15, -0.1) is 0 Å². The van der Waals surface area contributed by atoms with Crippen molar-refractivity contribution < 1.29 is 18.4 Å². The highest BCUT2D eigenvalue weighted by Gasteiger charge is 2.16. The molecule has 3 aromatic rings. The van der Waals surface area contributed by atoms with Crippen molar-refractivity contribution in [2.75, 3.05) is 0 Å². The third-order valence-corrected chi connectivity index (χ3v) is 4.29. The van der Waals surface area contributed by atoms with Crippen LogP contribution in [0.5, 0.6) is 0 Å². The van der Waals surface area contributed by atoms with E-state index in [-0.39, 0.29) is 18.1 Å². The van der Waals surface area contributed by atoms with Crippen LogP contribution in [0.3, 0.4) is 0 Å². The molecule has 2 aromatic heterocycles. The summed E-state index contributed by atoms with van der Waals surface area (Å²) in [4.78, 5) is 23.8. The monoisotopic (exact) mass is 346 g/mol. The van der Waals surface area contributed by atoms with Crippen LogP contribution in [0, 0.1) is 13.8 Å². The van der Waals surface area contributed by atoms with Gasteiger partial charge in [-0.05, 0) is 43.2 Å². The van der Waals surface area contributed by atoms with Crippen LogP contribution in [0.2, 0.25) is 5.02 Å². The number of aryl methyl sites for hydroxylation is 2. The highest BCUT2D eigenvalue weighted by molar-refractivity contribution is 6.33. The van der Waals surface area contributed by atoms with Crippen LogP contribution in [-0.2, 0) is 11.2 Å². The number of hydrazine groups is 1. The van der Waals surface area contributed by atoms with Gasteiger partial charge in [-0.2, -0.15) is 0 Å². The Morgan fingerprint density at radius 3 is 2.71 bits per heavy atom. The lowest BCUT2D eigenvalue weighted by molar-refractivity contribution is -0.121. The van der Waals surface area contributed by atoms with Gasteiger partial charge in [0.25, 0.3) is 0 Å². The second-order valence-corrected chi connectivity index (χ2v) is 5.80. The van der Waals surface area contributed by atoms with Crippen molar-refractivity contribution in [2.45, 2.75) is 20.3 Å². The van der Waals surface area contributed by atoms with Crippen LogP contribution in [0.15, 0.2) is 39.6 Å². The summed E-state index contributed by atoms with van der Waals surface area (Å²) in [7, 11) is 0. The van der Waals surface area contributed by atoms with Crippen molar-refractivity contribution in [3.8, 4) is 0 Å². The summed E-state index contributed by atoms with van der Waals surface area (Å²) in [5, 5.41) is 1.47. The van der Waals surface area contributed by atoms with Gasteiger partial charge in [-0.25, -0.2) is 0 Å². The number of carbonyl (C=O) groups excluding carboxylic acids is 2.